The Morgan fingerprint density at radius 3 is 2.31 bits per heavy atom. The van der Waals surface area contributed by atoms with Gasteiger partial charge in [-0.2, -0.15) is 40.2 Å². The largest absolute Gasteiger partial charge is 0.505 e. The van der Waals surface area contributed by atoms with Gasteiger partial charge in [0.05, 0.1) is 27.5 Å². The number of rotatable bonds is 13. The van der Waals surface area contributed by atoms with Gasteiger partial charge in [-0.25, -0.2) is 5.26 Å². The molecule has 0 saturated carbocycles. The molecule has 0 fully saturated rings. The Hall–Kier alpha value is -4.16. The van der Waals surface area contributed by atoms with E-state index >= 15 is 0 Å². The fourth-order valence-electron chi connectivity index (χ4n) is 4.46. The Balaban J connectivity index is 0.00000673. The Kier molecular flexibility index (Phi) is 14.1. The highest BCUT2D eigenvalue weighted by molar-refractivity contribution is 8.04. The number of benzene rings is 4. The summed E-state index contributed by atoms with van der Waals surface area (Å²) in [6.07, 6.45) is 3.51. The number of phenols is 1. The summed E-state index contributed by atoms with van der Waals surface area (Å²) in [5.74, 6) is -0.939. The minimum Gasteiger partial charge on any atom is -0.505 e. The number of aromatic hydroxyl groups is 1. The molecule has 8 N–H and O–H groups in total. The summed E-state index contributed by atoms with van der Waals surface area (Å²) in [4.78, 5) is 14.9. The van der Waals surface area contributed by atoms with Crippen LogP contribution in [0.5, 0.6) is 5.75 Å². The average Bonchev–Trinajstić information content (AvgIpc) is 3.08. The normalized spacial score (nSPS) is 12.0. The van der Waals surface area contributed by atoms with E-state index in [9.17, 15) is 39.5 Å². The molecule has 22 nitrogen and oxygen atoms in total. The number of nitrogens with zero attached hydrogens (tertiary/aromatic N) is 5. The molecule has 29 heteroatoms. The van der Waals surface area contributed by atoms with Gasteiger partial charge in [-0.05, 0) is 81.1 Å². The van der Waals surface area contributed by atoms with E-state index in [2.05, 4.69) is 54.3 Å². The zero-order valence-corrected chi connectivity index (χ0v) is 32.2. The first kappa shape index (κ1) is 43.6. The molecule has 0 aliphatic rings. The van der Waals surface area contributed by atoms with Gasteiger partial charge in [-0.3, -0.25) is 18.5 Å². The monoisotopic (exact) mass is 898 g/mol. The van der Waals surface area contributed by atoms with Crippen molar-refractivity contribution in [3.63, 3.8) is 0 Å². The Morgan fingerprint density at radius 2 is 1.65 bits per heavy atom. The molecular formula is C26H19ClN6O16S6. The number of nitrogens with one attached hydrogen (secondary N) is 1. The lowest BCUT2D eigenvalue weighted by molar-refractivity contribution is -0.432. The van der Waals surface area contributed by atoms with Crippen LogP contribution in [0.4, 0.5) is 23.0 Å². The van der Waals surface area contributed by atoms with Crippen molar-refractivity contribution in [2.75, 3.05) is 11.6 Å². The number of azo groups is 1. The lowest BCUT2D eigenvalue weighted by Gasteiger charge is -2.15. The van der Waals surface area contributed by atoms with Gasteiger partial charge in [0.25, 0.3) is 20.2 Å². The summed E-state index contributed by atoms with van der Waals surface area (Å²) in [6, 6.07) is 9.78. The summed E-state index contributed by atoms with van der Waals surface area (Å²) >= 11 is 8.14. The molecule has 4 aromatic carbocycles. The van der Waals surface area contributed by atoms with Gasteiger partial charge in [0.2, 0.25) is 11.2 Å². The number of thioether (sulfide) groups is 2. The summed E-state index contributed by atoms with van der Waals surface area (Å²) in [6.45, 7) is 0. The number of anilines is 2. The Bertz CT molecular complexity index is 2730. The number of aromatic nitrogens is 3. The van der Waals surface area contributed by atoms with E-state index in [-0.39, 0.29) is 66.0 Å². The first-order valence-electron chi connectivity index (χ1n) is 13.5. The first-order chi connectivity index (χ1) is 25.4. The summed E-state index contributed by atoms with van der Waals surface area (Å²) in [5.41, 5.74) is -1.10. The molecular weight excluding hydrogens is 880 g/mol. The summed E-state index contributed by atoms with van der Waals surface area (Å²) < 4.78 is 107. The topological polar surface area (TPSA) is 347 Å². The molecule has 55 heavy (non-hydrogen) atoms. The second kappa shape index (κ2) is 17.7. The van der Waals surface area contributed by atoms with E-state index in [0.717, 1.165) is 41.7 Å². The fraction of sp³-hybridized carbons (Fsp3) is 0.0385. The average molecular weight is 899 g/mol. The second-order valence-corrected chi connectivity index (χ2v) is 16.2. The third kappa shape index (κ3) is 11.0. The predicted molar refractivity (Wildman–Crippen MR) is 195 cm³/mol. The maximum atomic E-state index is 12.6. The fourth-order valence-corrected chi connectivity index (χ4v) is 7.54. The highest BCUT2D eigenvalue weighted by Crippen LogP contribution is 2.48. The minimum atomic E-state index is -5.03. The second-order valence-electron chi connectivity index (χ2n) is 9.74. The number of hydrogen-bond acceptors (Lipinski definition) is 21. The van der Waals surface area contributed by atoms with Crippen LogP contribution in [-0.2, 0) is 49.2 Å². The highest BCUT2D eigenvalue weighted by Gasteiger charge is 2.24. The molecule has 0 atom stereocenters. The van der Waals surface area contributed by atoms with E-state index in [1.807, 2.05) is 6.11 Å². The lowest BCUT2D eigenvalue weighted by Crippen LogP contribution is -2.04. The molecule has 5 rings (SSSR count). The predicted octanol–water partition coefficient (Wildman–Crippen LogP) is 5.28. The van der Waals surface area contributed by atoms with Crippen LogP contribution in [0.1, 0.15) is 0 Å². The molecule has 1 aromatic heterocycles. The SMILES string of the molecule is CSc1nc(Cl)nc(Nc2cc(S(=O)(=O)O)cc3cc(SOOO)c(N=Nc4ccc5cc(SC#COOS(=O)(=O)O)ccc5c4S(=O)(=O)O)c(O)c23)n1.O. The van der Waals surface area contributed by atoms with Gasteiger partial charge in [0.1, 0.15) is 16.3 Å². The van der Waals surface area contributed by atoms with Gasteiger partial charge >= 0.3 is 10.4 Å². The van der Waals surface area contributed by atoms with E-state index in [1.165, 1.54) is 30.3 Å². The van der Waals surface area contributed by atoms with E-state index in [4.69, 9.17) is 21.4 Å². The van der Waals surface area contributed by atoms with Crippen molar-refractivity contribution in [1.29, 1.82) is 0 Å². The third-order valence-electron chi connectivity index (χ3n) is 6.40. The molecule has 0 saturated heterocycles. The maximum absolute atomic E-state index is 12.6. The van der Waals surface area contributed by atoms with Crippen molar-refractivity contribution in [1.82, 2.24) is 15.0 Å². The van der Waals surface area contributed by atoms with Crippen molar-refractivity contribution in [2.24, 2.45) is 10.2 Å². The number of fused-ring (bicyclic) bond motifs is 2. The van der Waals surface area contributed by atoms with Crippen molar-refractivity contribution in [2.45, 2.75) is 24.7 Å². The van der Waals surface area contributed by atoms with Crippen LogP contribution < -0.4 is 5.32 Å². The van der Waals surface area contributed by atoms with Crippen molar-refractivity contribution in [3.05, 3.63) is 53.8 Å². The van der Waals surface area contributed by atoms with Crippen LogP contribution in [0.15, 0.2) is 83.5 Å². The van der Waals surface area contributed by atoms with Crippen LogP contribution in [0, 0.1) is 11.4 Å². The van der Waals surface area contributed by atoms with Crippen LogP contribution in [0.25, 0.3) is 21.5 Å². The lowest BCUT2D eigenvalue weighted by atomic mass is 10.1. The molecule has 292 valence electrons. The molecule has 0 bridgehead atoms. The Labute approximate surface area is 326 Å². The van der Waals surface area contributed by atoms with Gasteiger partial charge in [-0.1, -0.05) is 28.9 Å². The van der Waals surface area contributed by atoms with E-state index in [0.29, 0.717) is 4.90 Å². The number of halogens is 1. The van der Waals surface area contributed by atoms with Gasteiger partial charge in [0, 0.05) is 20.9 Å². The smallest absolute Gasteiger partial charge is 0.433 e. The van der Waals surface area contributed by atoms with Crippen molar-refractivity contribution < 1.29 is 73.3 Å². The third-order valence-corrected chi connectivity index (χ3v) is 10.4. The number of phenolic OH excluding ortho intramolecular Hbond substituents is 1. The van der Waals surface area contributed by atoms with Crippen LogP contribution >= 0.6 is 47.2 Å². The highest BCUT2D eigenvalue weighted by atomic mass is 35.5. The van der Waals surface area contributed by atoms with Crippen LogP contribution in [0.2, 0.25) is 5.28 Å². The Morgan fingerprint density at radius 1 is 0.909 bits per heavy atom. The minimum absolute atomic E-state index is 0. The molecule has 5 aromatic rings. The molecule has 0 aliphatic heterocycles. The zero-order valence-electron chi connectivity index (χ0n) is 26.5. The van der Waals surface area contributed by atoms with Gasteiger partial charge < -0.3 is 15.9 Å². The molecule has 1 heterocycles. The van der Waals surface area contributed by atoms with Crippen LogP contribution in [-0.4, -0.2) is 76.0 Å². The zero-order chi connectivity index (χ0) is 39.4. The molecule has 0 spiro atoms. The van der Waals surface area contributed by atoms with Crippen molar-refractivity contribution >= 4 is 122 Å². The quantitative estimate of drug-likeness (QED) is 0.0166. The maximum Gasteiger partial charge on any atom is 0.433 e. The number of hydrogen-bond donors (Lipinski definition) is 6. The van der Waals surface area contributed by atoms with Gasteiger partial charge in [-0.15, -0.1) is 14.6 Å². The molecule has 0 amide bonds. The van der Waals surface area contributed by atoms with Gasteiger partial charge in [0.15, 0.2) is 17.0 Å². The van der Waals surface area contributed by atoms with Crippen molar-refractivity contribution in [3.8, 4) is 17.1 Å². The van der Waals surface area contributed by atoms with E-state index in [1.54, 1.807) is 6.26 Å². The van der Waals surface area contributed by atoms with Crippen LogP contribution in [0.3, 0.4) is 0 Å². The molecule has 0 aliphatic carbocycles. The first-order valence-corrected chi connectivity index (χ1v) is 20.9. The molecule has 0 radical (unpaired) electrons. The standard InChI is InChI=1S/C26H17ClN6O15S6.H2O/c1-49-26-30-24(27)29-25(31-26)28-18-11-15(52(36,37)38)9-13-10-19(51-47-46-35)21(22(34)20(13)18)33-32-17-5-2-12-8-14(50-7-6-45-48-54(42,43)44)3-4-16(12)23(17)53(39,40)41;/h2-5,8-11,34-35H,1H3,(H,36,37,38)(H,39,40,41)(H,42,43,44)(H,28,29,30,31);1H2. The van der Waals surface area contributed by atoms with E-state index < -0.39 is 57.6 Å². The summed E-state index contributed by atoms with van der Waals surface area (Å²) in [5, 5.41) is 37.0. The summed E-state index contributed by atoms with van der Waals surface area (Å²) in [7, 11) is -14.8. The molecule has 0 unspecified atom stereocenters.